The summed E-state index contributed by atoms with van der Waals surface area (Å²) in [6, 6.07) is 7.57. The van der Waals surface area contributed by atoms with Crippen molar-refractivity contribution >= 4 is 15.6 Å². The fourth-order valence-corrected chi connectivity index (χ4v) is 4.84. The van der Waals surface area contributed by atoms with Crippen LogP contribution in [0.4, 0.5) is 0 Å². The molecule has 7 heteroatoms. The lowest BCUT2D eigenvalue weighted by Gasteiger charge is -2.43. The number of aromatic nitrogens is 1. The minimum absolute atomic E-state index is 0.122. The number of carbonyl (C=O) groups is 1. The molecule has 4 rings (SSSR count). The lowest BCUT2D eigenvalue weighted by atomic mass is 9.60. The molecule has 1 fully saturated rings. The number of carbonyl (C=O) groups excluding carboxylic acids is 1. The summed E-state index contributed by atoms with van der Waals surface area (Å²) >= 11 is 0. The van der Waals surface area contributed by atoms with Crippen molar-refractivity contribution in [2.45, 2.75) is 44.9 Å². The Hall–Kier alpha value is -2.15. The summed E-state index contributed by atoms with van der Waals surface area (Å²) in [7, 11) is -2.96. The van der Waals surface area contributed by atoms with E-state index >= 15 is 0 Å². The van der Waals surface area contributed by atoms with Gasteiger partial charge in [-0.25, -0.2) is 8.42 Å². The Labute approximate surface area is 165 Å². The largest absolute Gasteiger partial charge is 0.494 e. The van der Waals surface area contributed by atoms with Gasteiger partial charge in [0.1, 0.15) is 15.6 Å². The van der Waals surface area contributed by atoms with Gasteiger partial charge in [-0.2, -0.15) is 0 Å². The normalized spacial score (nSPS) is 18.0. The first-order valence-electron chi connectivity index (χ1n) is 9.74. The third-order valence-corrected chi connectivity index (χ3v) is 6.85. The smallest absolute Gasteiger partial charge is 0.168 e. The molecule has 1 aromatic carbocycles. The zero-order valence-electron chi connectivity index (χ0n) is 16.1. The van der Waals surface area contributed by atoms with Gasteiger partial charge < -0.3 is 9.26 Å². The molecule has 0 amide bonds. The Bertz CT molecular complexity index is 971. The van der Waals surface area contributed by atoms with Gasteiger partial charge in [-0.05, 0) is 48.8 Å². The number of ketones is 1. The number of sulfone groups is 1. The van der Waals surface area contributed by atoms with Crippen molar-refractivity contribution in [3.8, 4) is 5.75 Å². The number of rotatable bonds is 7. The van der Waals surface area contributed by atoms with Crippen molar-refractivity contribution in [1.82, 2.24) is 5.16 Å². The molecule has 0 atom stereocenters. The summed E-state index contributed by atoms with van der Waals surface area (Å²) in [6.45, 7) is 0.359. The van der Waals surface area contributed by atoms with Gasteiger partial charge in [-0.1, -0.05) is 23.7 Å². The Morgan fingerprint density at radius 1 is 1.18 bits per heavy atom. The van der Waals surface area contributed by atoms with Gasteiger partial charge in [0.05, 0.1) is 23.6 Å². The van der Waals surface area contributed by atoms with Crippen LogP contribution < -0.4 is 4.74 Å². The summed E-state index contributed by atoms with van der Waals surface area (Å²) in [4.78, 5) is 12.7. The number of hydrogen-bond donors (Lipinski definition) is 0. The van der Waals surface area contributed by atoms with Gasteiger partial charge in [0.2, 0.25) is 0 Å². The third kappa shape index (κ3) is 4.14. The maximum atomic E-state index is 12.7. The van der Waals surface area contributed by atoms with E-state index in [9.17, 15) is 13.2 Å². The van der Waals surface area contributed by atoms with Crippen LogP contribution in [0.25, 0.3) is 0 Å². The van der Waals surface area contributed by atoms with Crippen LogP contribution in [0, 0.1) is 5.41 Å². The predicted octanol–water partition coefficient (Wildman–Crippen LogP) is 3.38. The zero-order valence-corrected chi connectivity index (χ0v) is 16.9. The maximum absolute atomic E-state index is 12.7. The predicted molar refractivity (Wildman–Crippen MR) is 105 cm³/mol. The van der Waals surface area contributed by atoms with Crippen molar-refractivity contribution in [1.29, 1.82) is 0 Å². The highest BCUT2D eigenvalue weighted by Gasteiger charge is 2.45. The fourth-order valence-electron chi connectivity index (χ4n) is 4.20. The van der Waals surface area contributed by atoms with E-state index in [1.165, 1.54) is 12.7 Å². The minimum Gasteiger partial charge on any atom is -0.494 e. The number of Topliss-reactive ketones (excluding diaryl/α,β-unsaturated/α-hetero) is 1. The highest BCUT2D eigenvalue weighted by atomic mass is 32.2. The molecule has 1 aromatic heterocycles. The van der Waals surface area contributed by atoms with Crippen molar-refractivity contribution in [2.24, 2.45) is 5.41 Å². The number of ether oxygens (including phenoxy) is 1. The molecule has 2 aliphatic rings. The summed E-state index contributed by atoms with van der Waals surface area (Å²) in [5, 5.41) is 4.20. The molecule has 0 aliphatic heterocycles. The number of hydrogen-bond acceptors (Lipinski definition) is 6. The Kier molecular flexibility index (Phi) is 5.04. The van der Waals surface area contributed by atoms with E-state index in [2.05, 4.69) is 5.16 Å². The molecule has 1 saturated carbocycles. The highest BCUT2D eigenvalue weighted by Crippen LogP contribution is 2.50. The van der Waals surface area contributed by atoms with Crippen LogP contribution in [-0.2, 0) is 22.7 Å². The molecule has 0 unspecified atom stereocenters. The van der Waals surface area contributed by atoms with Crippen molar-refractivity contribution in [3.63, 3.8) is 0 Å². The molecule has 150 valence electrons. The standard InChI is InChI=1S/C21H25NO5S/c1-28(24,25)11-3-10-26-16-6-4-15(5-7-16)12-19-20-17(22-27-19)13-21(8-2-9-21)14-18(20)23/h4-7H,2-3,8-14H2,1H3. The van der Waals surface area contributed by atoms with Crippen molar-refractivity contribution < 1.29 is 22.5 Å². The second kappa shape index (κ2) is 7.35. The third-order valence-electron chi connectivity index (χ3n) is 5.82. The molecule has 0 bridgehead atoms. The van der Waals surface area contributed by atoms with Crippen LogP contribution in [0.1, 0.15) is 59.5 Å². The molecule has 1 heterocycles. The molecule has 2 aromatic rings. The summed E-state index contributed by atoms with van der Waals surface area (Å²) in [6.07, 6.45) is 7.13. The number of benzene rings is 1. The number of fused-ring (bicyclic) bond motifs is 1. The second-order valence-corrected chi connectivity index (χ2v) is 10.5. The molecule has 6 nitrogen and oxygen atoms in total. The van der Waals surface area contributed by atoms with Crippen LogP contribution in [-0.4, -0.2) is 38.0 Å². The van der Waals surface area contributed by atoms with Gasteiger partial charge in [-0.15, -0.1) is 0 Å². The van der Waals surface area contributed by atoms with Gasteiger partial charge in [0.15, 0.2) is 11.5 Å². The first-order chi connectivity index (χ1) is 13.3. The SMILES string of the molecule is CS(=O)(=O)CCCOc1ccc(Cc2onc3c2C(=O)CC2(CCC2)C3)cc1. The van der Waals surface area contributed by atoms with E-state index in [-0.39, 0.29) is 17.0 Å². The van der Waals surface area contributed by atoms with Crippen molar-refractivity contribution in [2.75, 3.05) is 18.6 Å². The van der Waals surface area contributed by atoms with E-state index in [0.29, 0.717) is 42.9 Å². The summed E-state index contributed by atoms with van der Waals surface area (Å²) in [5.74, 6) is 1.63. The van der Waals surface area contributed by atoms with Gasteiger partial charge in [0, 0.05) is 19.1 Å². The Morgan fingerprint density at radius 2 is 1.93 bits per heavy atom. The number of nitrogens with zero attached hydrogens (tertiary/aromatic N) is 1. The van der Waals surface area contributed by atoms with Crippen LogP contribution in [0.5, 0.6) is 5.75 Å². The lowest BCUT2D eigenvalue weighted by molar-refractivity contribution is 0.0706. The van der Waals surface area contributed by atoms with Crippen molar-refractivity contribution in [3.05, 3.63) is 46.8 Å². The average molecular weight is 404 g/mol. The van der Waals surface area contributed by atoms with Crippen LogP contribution in [0.3, 0.4) is 0 Å². The highest BCUT2D eigenvalue weighted by molar-refractivity contribution is 7.90. The molecule has 0 N–H and O–H groups in total. The Morgan fingerprint density at radius 3 is 2.57 bits per heavy atom. The van der Waals surface area contributed by atoms with Gasteiger partial charge >= 0.3 is 0 Å². The molecular weight excluding hydrogens is 378 g/mol. The molecule has 1 spiro atoms. The minimum atomic E-state index is -2.96. The summed E-state index contributed by atoms with van der Waals surface area (Å²) in [5.41, 5.74) is 2.68. The fraction of sp³-hybridized carbons (Fsp3) is 0.524. The van der Waals surface area contributed by atoms with E-state index in [1.54, 1.807) is 0 Å². The average Bonchev–Trinajstić information content (AvgIpc) is 3.01. The summed E-state index contributed by atoms with van der Waals surface area (Å²) < 4.78 is 33.4. The van der Waals surface area contributed by atoms with E-state index in [0.717, 1.165) is 30.5 Å². The van der Waals surface area contributed by atoms with Crippen LogP contribution in [0.15, 0.2) is 28.8 Å². The zero-order chi connectivity index (χ0) is 19.8. The van der Waals surface area contributed by atoms with E-state index < -0.39 is 9.84 Å². The Balaban J connectivity index is 1.37. The molecular formula is C21H25NO5S. The van der Waals surface area contributed by atoms with Crippen LogP contribution in [0.2, 0.25) is 0 Å². The molecule has 2 aliphatic carbocycles. The molecule has 0 saturated heterocycles. The molecule has 28 heavy (non-hydrogen) atoms. The molecule has 0 radical (unpaired) electrons. The first kappa shape index (κ1) is 19.2. The maximum Gasteiger partial charge on any atom is 0.168 e. The van der Waals surface area contributed by atoms with E-state index in [1.807, 2.05) is 24.3 Å². The first-order valence-corrected chi connectivity index (χ1v) is 11.8. The van der Waals surface area contributed by atoms with Gasteiger partial charge in [-0.3, -0.25) is 4.79 Å². The van der Waals surface area contributed by atoms with E-state index in [4.69, 9.17) is 9.26 Å². The monoisotopic (exact) mass is 403 g/mol. The van der Waals surface area contributed by atoms with Gasteiger partial charge in [0.25, 0.3) is 0 Å². The topological polar surface area (TPSA) is 86.5 Å². The lowest BCUT2D eigenvalue weighted by Crippen LogP contribution is -2.38. The second-order valence-electron chi connectivity index (χ2n) is 8.21. The quantitative estimate of drug-likeness (QED) is 0.659. The van der Waals surface area contributed by atoms with Crippen LogP contribution >= 0.6 is 0 Å².